The van der Waals surface area contributed by atoms with E-state index in [9.17, 15) is 26.9 Å². The van der Waals surface area contributed by atoms with E-state index in [2.05, 4.69) is 9.44 Å². The van der Waals surface area contributed by atoms with Crippen LogP contribution in [0.25, 0.3) is 0 Å². The van der Waals surface area contributed by atoms with E-state index in [1.165, 1.54) is 61.5 Å². The summed E-state index contributed by atoms with van der Waals surface area (Å²) in [5, 5.41) is 11.7. The number of nitrogens with zero attached hydrogens (tertiary/aromatic N) is 1. The molecule has 0 aliphatic heterocycles. The van der Waals surface area contributed by atoms with Gasteiger partial charge in [-0.05, 0) is 55.0 Å². The Balaban J connectivity index is 1.94. The summed E-state index contributed by atoms with van der Waals surface area (Å²) < 4.78 is 55.6. The fourth-order valence-corrected chi connectivity index (χ4v) is 5.47. The normalized spacial score (nSPS) is 11.7. The van der Waals surface area contributed by atoms with Crippen molar-refractivity contribution < 1.29 is 21.8 Å². The lowest BCUT2D eigenvalue weighted by Crippen LogP contribution is -2.17. The predicted octanol–water partition coefficient (Wildman–Crippen LogP) is 4.16. The number of nitro groups is 1. The van der Waals surface area contributed by atoms with Crippen LogP contribution in [0.3, 0.4) is 0 Å². The molecule has 0 aliphatic carbocycles. The lowest BCUT2D eigenvalue weighted by molar-refractivity contribution is -0.387. The number of hydrogen-bond acceptors (Lipinski definition) is 6. The average Bonchev–Trinajstić information content (AvgIpc) is 2.69. The number of nitrogens with one attached hydrogen (secondary N) is 2. The molecule has 0 bridgehead atoms. The molecule has 3 aromatic carbocycles. The van der Waals surface area contributed by atoms with Crippen molar-refractivity contribution in [3.8, 4) is 0 Å². The Morgan fingerprint density at radius 2 is 1.45 bits per heavy atom. The zero-order chi connectivity index (χ0) is 22.8. The van der Waals surface area contributed by atoms with Gasteiger partial charge in [0.25, 0.3) is 25.7 Å². The minimum Gasteiger partial charge on any atom is -0.280 e. The van der Waals surface area contributed by atoms with Crippen LogP contribution in [0.5, 0.6) is 0 Å². The Morgan fingerprint density at radius 3 is 2.10 bits per heavy atom. The van der Waals surface area contributed by atoms with Crippen LogP contribution in [0.1, 0.15) is 5.56 Å². The molecule has 0 unspecified atom stereocenters. The third-order valence-corrected chi connectivity index (χ3v) is 7.35. The third-order valence-electron chi connectivity index (χ3n) is 4.15. The van der Waals surface area contributed by atoms with Crippen LogP contribution in [0.15, 0.2) is 76.5 Å². The van der Waals surface area contributed by atoms with E-state index in [0.29, 0.717) is 5.02 Å². The van der Waals surface area contributed by atoms with E-state index in [-0.39, 0.29) is 21.8 Å². The van der Waals surface area contributed by atoms with E-state index in [1.54, 1.807) is 0 Å². The van der Waals surface area contributed by atoms with Gasteiger partial charge < -0.3 is 0 Å². The molecule has 0 heterocycles. The molecule has 9 nitrogen and oxygen atoms in total. The molecule has 2 N–H and O–H groups in total. The number of aryl methyl sites for hydroxylation is 1. The Morgan fingerprint density at radius 1 is 0.839 bits per heavy atom. The van der Waals surface area contributed by atoms with Gasteiger partial charge in [0.1, 0.15) is 0 Å². The summed E-state index contributed by atoms with van der Waals surface area (Å²) in [6.07, 6.45) is 0. The van der Waals surface area contributed by atoms with Gasteiger partial charge >= 0.3 is 0 Å². The van der Waals surface area contributed by atoms with Crippen molar-refractivity contribution >= 4 is 48.7 Å². The fourth-order valence-electron chi connectivity index (χ4n) is 2.80. The summed E-state index contributed by atoms with van der Waals surface area (Å²) in [5.74, 6) is 0. The van der Waals surface area contributed by atoms with Gasteiger partial charge in [-0.15, -0.1) is 0 Å². The minimum absolute atomic E-state index is 0.0727. The van der Waals surface area contributed by atoms with E-state index in [1.807, 2.05) is 0 Å². The van der Waals surface area contributed by atoms with Gasteiger partial charge in [-0.2, -0.15) is 0 Å². The van der Waals surface area contributed by atoms with Gasteiger partial charge in [-0.1, -0.05) is 29.8 Å². The van der Waals surface area contributed by atoms with Gasteiger partial charge in [0.2, 0.25) is 0 Å². The first kappa shape index (κ1) is 22.5. The van der Waals surface area contributed by atoms with E-state index >= 15 is 0 Å². The van der Waals surface area contributed by atoms with Crippen molar-refractivity contribution in [1.82, 2.24) is 0 Å². The fraction of sp³-hybridized carbons (Fsp3) is 0.0526. The Hall–Kier alpha value is -3.15. The summed E-state index contributed by atoms with van der Waals surface area (Å²) in [6, 6.07) is 14.9. The summed E-state index contributed by atoms with van der Waals surface area (Å²) in [4.78, 5) is 9.78. The van der Waals surface area contributed by atoms with Crippen LogP contribution in [0.4, 0.5) is 17.1 Å². The lowest BCUT2D eigenvalue weighted by Gasteiger charge is -2.12. The number of sulfonamides is 2. The van der Waals surface area contributed by atoms with Crippen molar-refractivity contribution in [3.63, 3.8) is 0 Å². The molecule has 0 amide bonds. The molecule has 3 rings (SSSR count). The van der Waals surface area contributed by atoms with Crippen LogP contribution in [0.2, 0.25) is 5.02 Å². The summed E-state index contributed by atoms with van der Waals surface area (Å²) in [5.41, 5.74) is -0.210. The summed E-state index contributed by atoms with van der Waals surface area (Å²) in [7, 11) is -8.40. The third kappa shape index (κ3) is 5.13. The maximum Gasteiger partial charge on any atom is 0.290 e. The van der Waals surface area contributed by atoms with E-state index in [0.717, 1.165) is 12.1 Å². The molecule has 0 fully saturated rings. The average molecular weight is 482 g/mol. The quantitative estimate of drug-likeness (QED) is 0.384. The highest BCUT2D eigenvalue weighted by Crippen LogP contribution is 2.29. The Bertz CT molecular complexity index is 1360. The Labute approximate surface area is 183 Å². The molecule has 0 atom stereocenters. The minimum atomic E-state index is -4.37. The SMILES string of the molecule is Cc1cccc([N+](=O)[O-])c1S(=O)(=O)Nc1cccc(S(=O)(=O)Nc2ccc(Cl)cc2)c1. The smallest absolute Gasteiger partial charge is 0.280 e. The second-order valence-corrected chi connectivity index (χ2v) is 10.2. The molecule has 31 heavy (non-hydrogen) atoms. The molecule has 0 saturated heterocycles. The highest BCUT2D eigenvalue weighted by molar-refractivity contribution is 7.93. The van der Waals surface area contributed by atoms with Crippen molar-refractivity contribution in [2.45, 2.75) is 16.7 Å². The Kier molecular flexibility index (Phi) is 6.20. The topological polar surface area (TPSA) is 135 Å². The molecule has 0 aliphatic rings. The van der Waals surface area contributed by atoms with E-state index in [4.69, 9.17) is 11.6 Å². The first-order valence-electron chi connectivity index (χ1n) is 8.65. The molecule has 3 aromatic rings. The van der Waals surface area contributed by atoms with Gasteiger partial charge in [-0.3, -0.25) is 19.6 Å². The molecule has 12 heteroatoms. The maximum atomic E-state index is 12.8. The lowest BCUT2D eigenvalue weighted by atomic mass is 10.2. The monoisotopic (exact) mass is 481 g/mol. The zero-order valence-corrected chi connectivity index (χ0v) is 18.3. The number of anilines is 2. The molecule has 0 radical (unpaired) electrons. The van der Waals surface area contributed by atoms with Gasteiger partial charge in [0.15, 0.2) is 4.90 Å². The number of benzene rings is 3. The number of nitro benzene ring substituents is 1. The molecule has 0 aromatic heterocycles. The number of halogens is 1. The second-order valence-electron chi connectivity index (χ2n) is 6.43. The zero-order valence-electron chi connectivity index (χ0n) is 15.9. The van der Waals surface area contributed by atoms with Crippen LogP contribution < -0.4 is 9.44 Å². The largest absolute Gasteiger partial charge is 0.290 e. The second kappa shape index (κ2) is 8.53. The van der Waals surface area contributed by atoms with Gasteiger partial charge in [-0.25, -0.2) is 16.8 Å². The van der Waals surface area contributed by atoms with Crippen LogP contribution in [-0.4, -0.2) is 21.8 Å². The molecule has 0 spiro atoms. The van der Waals surface area contributed by atoms with Crippen LogP contribution >= 0.6 is 11.6 Å². The van der Waals surface area contributed by atoms with Crippen LogP contribution in [0, 0.1) is 17.0 Å². The van der Waals surface area contributed by atoms with Crippen molar-refractivity contribution in [1.29, 1.82) is 0 Å². The molecule has 162 valence electrons. The first-order valence-corrected chi connectivity index (χ1v) is 12.0. The van der Waals surface area contributed by atoms with Crippen LogP contribution in [-0.2, 0) is 20.0 Å². The van der Waals surface area contributed by atoms with Gasteiger partial charge in [0.05, 0.1) is 15.5 Å². The predicted molar refractivity (Wildman–Crippen MR) is 117 cm³/mol. The maximum absolute atomic E-state index is 12.8. The number of rotatable bonds is 7. The standard InChI is InChI=1S/C19H16ClN3O6S2/c1-13-4-2-7-18(23(24)25)19(13)31(28,29)22-16-5-3-6-17(12-16)30(26,27)21-15-10-8-14(20)9-11-15/h2-12,21-22H,1H3. The summed E-state index contributed by atoms with van der Waals surface area (Å²) >= 11 is 5.79. The van der Waals surface area contributed by atoms with Gasteiger partial charge in [0, 0.05) is 16.8 Å². The molecular formula is C19H16ClN3O6S2. The van der Waals surface area contributed by atoms with Crippen molar-refractivity contribution in [2.24, 2.45) is 0 Å². The highest BCUT2D eigenvalue weighted by Gasteiger charge is 2.28. The number of hydrogen-bond donors (Lipinski definition) is 2. The first-order chi connectivity index (χ1) is 14.5. The molecule has 0 saturated carbocycles. The highest BCUT2D eigenvalue weighted by atomic mass is 35.5. The summed E-state index contributed by atoms with van der Waals surface area (Å²) in [6.45, 7) is 1.43. The van der Waals surface area contributed by atoms with E-state index < -0.39 is 35.6 Å². The molecular weight excluding hydrogens is 466 g/mol. The van der Waals surface area contributed by atoms with Crippen molar-refractivity contribution in [3.05, 3.63) is 87.4 Å². The van der Waals surface area contributed by atoms with Crippen molar-refractivity contribution in [2.75, 3.05) is 9.44 Å².